The number of hydrogen-bond donors (Lipinski definition) is 1. The topological polar surface area (TPSA) is 58.9 Å². The van der Waals surface area contributed by atoms with Gasteiger partial charge in [-0.1, -0.05) is 24.3 Å². The number of nitrogens with zero attached hydrogens (tertiary/aromatic N) is 5. The minimum atomic E-state index is 0.770. The molecule has 2 aromatic carbocycles. The molecular formula is C24H26N6. The molecule has 0 amide bonds. The van der Waals surface area contributed by atoms with E-state index in [9.17, 15) is 0 Å². The Labute approximate surface area is 176 Å². The molecule has 0 atom stereocenters. The Balaban J connectivity index is 1.64. The highest BCUT2D eigenvalue weighted by Gasteiger charge is 2.19. The molecule has 1 N–H and O–H groups in total. The van der Waals surface area contributed by atoms with Crippen molar-refractivity contribution in [2.75, 3.05) is 23.3 Å². The molecular weight excluding hydrogens is 372 g/mol. The zero-order valence-electron chi connectivity index (χ0n) is 17.5. The molecule has 6 nitrogen and oxygen atoms in total. The minimum absolute atomic E-state index is 0.770. The van der Waals surface area contributed by atoms with Crippen LogP contribution in [0.3, 0.4) is 0 Å². The van der Waals surface area contributed by atoms with Crippen molar-refractivity contribution in [2.24, 2.45) is 0 Å². The average molecular weight is 399 g/mol. The Kier molecular flexibility index (Phi) is 4.83. The number of hydrogen-bond acceptors (Lipinski definition) is 5. The van der Waals surface area contributed by atoms with E-state index < -0.39 is 0 Å². The third-order valence-corrected chi connectivity index (χ3v) is 5.83. The molecule has 6 heteroatoms. The smallest absolute Gasteiger partial charge is 0.229 e. The van der Waals surface area contributed by atoms with Crippen LogP contribution in [0.5, 0.6) is 0 Å². The van der Waals surface area contributed by atoms with Crippen LogP contribution in [-0.4, -0.2) is 32.8 Å². The van der Waals surface area contributed by atoms with Crippen LogP contribution >= 0.6 is 0 Å². The van der Waals surface area contributed by atoms with E-state index in [2.05, 4.69) is 47.4 Å². The monoisotopic (exact) mass is 398 g/mol. The summed E-state index contributed by atoms with van der Waals surface area (Å²) in [6, 6.07) is 16.5. The molecule has 1 aliphatic heterocycles. The number of anilines is 3. The Bertz CT molecular complexity index is 1180. The van der Waals surface area contributed by atoms with Crippen LogP contribution in [0.15, 0.2) is 54.7 Å². The number of rotatable bonds is 4. The molecule has 0 aliphatic carbocycles. The maximum Gasteiger partial charge on any atom is 0.229 e. The SMILES string of the molecule is Cc1ccc(Nc2nc(N3CCCCC3)nc3c2cnn3-c2ccccc2)cc1C. The number of aryl methyl sites for hydroxylation is 2. The number of nitrogens with one attached hydrogen (secondary N) is 1. The molecule has 0 radical (unpaired) electrons. The number of para-hydroxylation sites is 1. The number of benzene rings is 2. The predicted molar refractivity (Wildman–Crippen MR) is 122 cm³/mol. The molecule has 4 aromatic rings. The molecule has 0 spiro atoms. The van der Waals surface area contributed by atoms with Gasteiger partial charge in [-0.05, 0) is 68.5 Å². The summed E-state index contributed by atoms with van der Waals surface area (Å²) < 4.78 is 1.90. The largest absolute Gasteiger partial charge is 0.341 e. The van der Waals surface area contributed by atoms with E-state index >= 15 is 0 Å². The van der Waals surface area contributed by atoms with Gasteiger partial charge in [0.2, 0.25) is 5.95 Å². The van der Waals surface area contributed by atoms with E-state index in [-0.39, 0.29) is 0 Å². The third kappa shape index (κ3) is 3.49. The first kappa shape index (κ1) is 18.6. The van der Waals surface area contributed by atoms with Gasteiger partial charge in [-0.15, -0.1) is 0 Å². The summed E-state index contributed by atoms with van der Waals surface area (Å²) >= 11 is 0. The maximum absolute atomic E-state index is 4.94. The van der Waals surface area contributed by atoms with Crippen molar-refractivity contribution in [1.82, 2.24) is 19.7 Å². The van der Waals surface area contributed by atoms with Crippen LogP contribution in [0.1, 0.15) is 30.4 Å². The average Bonchev–Trinajstić information content (AvgIpc) is 3.22. The van der Waals surface area contributed by atoms with E-state index in [1.807, 2.05) is 41.2 Å². The van der Waals surface area contributed by atoms with Gasteiger partial charge >= 0.3 is 0 Å². The third-order valence-electron chi connectivity index (χ3n) is 5.83. The molecule has 0 saturated carbocycles. The van der Waals surface area contributed by atoms with E-state index in [4.69, 9.17) is 9.97 Å². The number of fused-ring (bicyclic) bond motifs is 1. The van der Waals surface area contributed by atoms with Crippen LogP contribution in [0.4, 0.5) is 17.5 Å². The second-order valence-corrected chi connectivity index (χ2v) is 7.97. The van der Waals surface area contributed by atoms with Crippen LogP contribution in [0.2, 0.25) is 0 Å². The summed E-state index contributed by atoms with van der Waals surface area (Å²) in [6.07, 6.45) is 5.48. The lowest BCUT2D eigenvalue weighted by Gasteiger charge is -2.27. The number of piperidine rings is 1. The fourth-order valence-corrected chi connectivity index (χ4v) is 3.94. The van der Waals surface area contributed by atoms with Crippen LogP contribution in [0, 0.1) is 13.8 Å². The van der Waals surface area contributed by atoms with Gasteiger partial charge in [-0.2, -0.15) is 15.1 Å². The predicted octanol–water partition coefficient (Wildman–Crippen LogP) is 5.17. The van der Waals surface area contributed by atoms with Crippen molar-refractivity contribution < 1.29 is 0 Å². The molecule has 1 aliphatic rings. The lowest BCUT2D eigenvalue weighted by molar-refractivity contribution is 0.569. The molecule has 3 heterocycles. The van der Waals surface area contributed by atoms with E-state index in [0.717, 1.165) is 47.3 Å². The lowest BCUT2D eigenvalue weighted by atomic mass is 10.1. The highest BCUT2D eigenvalue weighted by atomic mass is 15.3. The fourth-order valence-electron chi connectivity index (χ4n) is 3.94. The summed E-state index contributed by atoms with van der Waals surface area (Å²) in [5.41, 5.74) is 5.37. The van der Waals surface area contributed by atoms with Gasteiger partial charge in [0.15, 0.2) is 5.65 Å². The minimum Gasteiger partial charge on any atom is -0.341 e. The summed E-state index contributed by atoms with van der Waals surface area (Å²) in [6.45, 7) is 6.24. The van der Waals surface area contributed by atoms with Crippen molar-refractivity contribution in [3.05, 3.63) is 65.9 Å². The second-order valence-electron chi connectivity index (χ2n) is 7.97. The summed E-state index contributed by atoms with van der Waals surface area (Å²) in [5, 5.41) is 9.08. The Morgan fingerprint density at radius 3 is 2.43 bits per heavy atom. The van der Waals surface area contributed by atoms with E-state index in [0.29, 0.717) is 0 Å². The van der Waals surface area contributed by atoms with Crippen LogP contribution in [0.25, 0.3) is 16.7 Å². The van der Waals surface area contributed by atoms with Gasteiger partial charge in [0.05, 0.1) is 17.3 Å². The van der Waals surface area contributed by atoms with Crippen molar-refractivity contribution in [3.8, 4) is 5.69 Å². The van der Waals surface area contributed by atoms with Gasteiger partial charge in [0, 0.05) is 18.8 Å². The van der Waals surface area contributed by atoms with Gasteiger partial charge in [-0.3, -0.25) is 0 Å². The Hall–Kier alpha value is -3.41. The molecule has 2 aromatic heterocycles. The first-order valence-electron chi connectivity index (χ1n) is 10.6. The lowest BCUT2D eigenvalue weighted by Crippen LogP contribution is -2.31. The first-order chi connectivity index (χ1) is 14.7. The van der Waals surface area contributed by atoms with Gasteiger partial charge in [0.1, 0.15) is 5.82 Å². The standard InChI is InChI=1S/C24H26N6/c1-17-11-12-19(15-18(17)2)26-22-21-16-25-30(20-9-5-3-6-10-20)23(21)28-24(27-22)29-13-7-4-8-14-29/h3,5-6,9-12,15-16H,4,7-8,13-14H2,1-2H3,(H,26,27,28). The van der Waals surface area contributed by atoms with Crippen molar-refractivity contribution in [1.29, 1.82) is 0 Å². The van der Waals surface area contributed by atoms with Crippen molar-refractivity contribution >= 4 is 28.5 Å². The van der Waals surface area contributed by atoms with Crippen LogP contribution in [-0.2, 0) is 0 Å². The second kappa shape index (κ2) is 7.78. The zero-order chi connectivity index (χ0) is 20.5. The molecule has 30 heavy (non-hydrogen) atoms. The van der Waals surface area contributed by atoms with Gasteiger partial charge in [0.25, 0.3) is 0 Å². The van der Waals surface area contributed by atoms with E-state index in [1.165, 1.54) is 30.4 Å². The molecule has 5 rings (SSSR count). The van der Waals surface area contributed by atoms with Crippen molar-refractivity contribution in [2.45, 2.75) is 33.1 Å². The quantitative estimate of drug-likeness (QED) is 0.514. The summed E-state index contributed by atoms with van der Waals surface area (Å²) in [5.74, 6) is 1.57. The summed E-state index contributed by atoms with van der Waals surface area (Å²) in [7, 11) is 0. The van der Waals surface area contributed by atoms with Gasteiger partial charge < -0.3 is 10.2 Å². The van der Waals surface area contributed by atoms with E-state index in [1.54, 1.807) is 0 Å². The zero-order valence-corrected chi connectivity index (χ0v) is 17.5. The summed E-state index contributed by atoms with van der Waals surface area (Å²) in [4.78, 5) is 12.2. The maximum atomic E-state index is 4.94. The normalized spacial score (nSPS) is 14.3. The Morgan fingerprint density at radius 1 is 0.867 bits per heavy atom. The Morgan fingerprint density at radius 2 is 1.67 bits per heavy atom. The molecule has 0 unspecified atom stereocenters. The van der Waals surface area contributed by atoms with Gasteiger partial charge in [-0.25, -0.2) is 4.68 Å². The molecule has 1 saturated heterocycles. The molecule has 1 fully saturated rings. The highest BCUT2D eigenvalue weighted by molar-refractivity contribution is 5.90. The molecule has 152 valence electrons. The molecule has 0 bridgehead atoms. The highest BCUT2D eigenvalue weighted by Crippen LogP contribution is 2.29. The first-order valence-corrected chi connectivity index (χ1v) is 10.6. The van der Waals surface area contributed by atoms with Crippen LogP contribution < -0.4 is 10.2 Å². The van der Waals surface area contributed by atoms with Crippen molar-refractivity contribution in [3.63, 3.8) is 0 Å². The fraction of sp³-hybridized carbons (Fsp3) is 0.292. The number of aromatic nitrogens is 4.